The second kappa shape index (κ2) is 5.41. The molecule has 0 fully saturated rings. The number of carbonyl (C=O) groups is 1. The minimum Gasteiger partial charge on any atom is -0.478 e. The third-order valence-electron chi connectivity index (χ3n) is 2.34. The van der Waals surface area contributed by atoms with Crippen LogP contribution in [0.2, 0.25) is 0 Å². The highest BCUT2D eigenvalue weighted by Crippen LogP contribution is 2.24. The van der Waals surface area contributed by atoms with E-state index < -0.39 is 30.9 Å². The Labute approximate surface area is 117 Å². The molecule has 1 aromatic carbocycles. The predicted octanol–water partition coefficient (Wildman–Crippen LogP) is 0.745. The van der Waals surface area contributed by atoms with Crippen molar-refractivity contribution < 1.29 is 26.7 Å². The predicted molar refractivity (Wildman–Crippen MR) is 75.1 cm³/mol. The number of carboxylic acids is 1. The number of hydrogen-bond acceptors (Lipinski definition) is 5. The number of nitrogens with one attached hydrogen (secondary N) is 1. The highest BCUT2D eigenvalue weighted by Gasteiger charge is 2.22. The average Bonchev–Trinajstić information content (AvgIpc) is 2.17. The molecule has 1 aromatic rings. The van der Waals surface area contributed by atoms with Gasteiger partial charge in [-0.3, -0.25) is 4.72 Å². The summed E-state index contributed by atoms with van der Waals surface area (Å²) in [6.45, 7) is 3.21. The van der Waals surface area contributed by atoms with Gasteiger partial charge >= 0.3 is 5.97 Å². The van der Waals surface area contributed by atoms with Crippen LogP contribution in [-0.4, -0.2) is 39.3 Å². The van der Waals surface area contributed by atoms with E-state index in [0.717, 1.165) is 6.26 Å². The van der Waals surface area contributed by atoms with Crippen LogP contribution in [0.5, 0.6) is 0 Å². The molecule has 0 aliphatic heterocycles. The van der Waals surface area contributed by atoms with E-state index in [0.29, 0.717) is 11.1 Å². The molecule has 0 saturated heterocycles. The monoisotopic (exact) mass is 321 g/mol. The fraction of sp³-hybridized carbons (Fsp3) is 0.364. The largest absolute Gasteiger partial charge is 0.478 e. The van der Waals surface area contributed by atoms with E-state index in [9.17, 15) is 21.6 Å². The van der Waals surface area contributed by atoms with Gasteiger partial charge in [-0.1, -0.05) is 6.07 Å². The van der Waals surface area contributed by atoms with Gasteiger partial charge in [0.25, 0.3) is 0 Å². The normalized spacial score (nSPS) is 12.2. The Morgan fingerprint density at radius 3 is 2.20 bits per heavy atom. The average molecular weight is 321 g/mol. The fourth-order valence-electron chi connectivity index (χ4n) is 1.74. The molecule has 1 rings (SSSR count). The second-order valence-corrected chi connectivity index (χ2v) is 8.80. The molecule has 0 atom stereocenters. The number of benzene rings is 1. The van der Waals surface area contributed by atoms with Crippen LogP contribution in [0, 0.1) is 13.8 Å². The van der Waals surface area contributed by atoms with Gasteiger partial charge in [-0.05, 0) is 31.0 Å². The van der Waals surface area contributed by atoms with Gasteiger partial charge in [0, 0.05) is 6.26 Å². The van der Waals surface area contributed by atoms with Crippen molar-refractivity contribution >= 4 is 31.5 Å². The van der Waals surface area contributed by atoms with Gasteiger partial charge in [0.05, 0.1) is 11.3 Å². The zero-order valence-corrected chi connectivity index (χ0v) is 12.8. The third kappa shape index (κ3) is 4.49. The molecule has 9 heteroatoms. The number of hydrogen-bond donors (Lipinski definition) is 2. The molecule has 7 nitrogen and oxygen atoms in total. The zero-order valence-electron chi connectivity index (χ0n) is 11.2. The number of aromatic carboxylic acids is 1. The maximum Gasteiger partial charge on any atom is 0.337 e. The first-order chi connectivity index (χ1) is 8.91. The van der Waals surface area contributed by atoms with Crippen molar-refractivity contribution in [3.05, 3.63) is 28.8 Å². The first kappa shape index (κ1) is 16.4. The molecule has 0 unspecified atom stereocenters. The van der Waals surface area contributed by atoms with Gasteiger partial charge in [-0.2, -0.15) is 0 Å². The standard InChI is InChI=1S/C11H15NO6S2/c1-7-4-8(2)10(9(5-7)11(13)14)12-20(17,18)6-19(3,15)16/h4-5,12H,6H2,1-3H3,(H,13,14). The number of anilines is 1. The van der Waals surface area contributed by atoms with Crippen LogP contribution >= 0.6 is 0 Å². The first-order valence-corrected chi connectivity index (χ1v) is 9.15. The van der Waals surface area contributed by atoms with Crippen LogP contribution < -0.4 is 4.72 Å². The Bertz CT molecular complexity index is 749. The summed E-state index contributed by atoms with van der Waals surface area (Å²) in [5, 5.41) is 7.99. The molecule has 0 saturated carbocycles. The van der Waals surface area contributed by atoms with E-state index in [-0.39, 0.29) is 11.3 Å². The maximum atomic E-state index is 11.7. The van der Waals surface area contributed by atoms with Gasteiger partial charge in [0.2, 0.25) is 10.0 Å². The topological polar surface area (TPSA) is 118 Å². The van der Waals surface area contributed by atoms with Crippen molar-refractivity contribution in [2.75, 3.05) is 16.1 Å². The Balaban J connectivity index is 3.32. The molecule has 0 radical (unpaired) electrons. The van der Waals surface area contributed by atoms with Crippen molar-refractivity contribution in [1.29, 1.82) is 0 Å². The Morgan fingerprint density at radius 2 is 1.75 bits per heavy atom. The van der Waals surface area contributed by atoms with Gasteiger partial charge in [0.15, 0.2) is 14.9 Å². The number of carboxylic acid groups (broad SMARTS) is 1. The Morgan fingerprint density at radius 1 is 1.20 bits per heavy atom. The number of aryl methyl sites for hydroxylation is 2. The summed E-state index contributed by atoms with van der Waals surface area (Å²) in [5.41, 5.74) is 0.719. The lowest BCUT2D eigenvalue weighted by atomic mass is 10.0. The van der Waals surface area contributed by atoms with E-state index in [1.165, 1.54) is 13.0 Å². The van der Waals surface area contributed by atoms with E-state index >= 15 is 0 Å². The van der Waals surface area contributed by atoms with Crippen LogP contribution in [0.15, 0.2) is 12.1 Å². The van der Waals surface area contributed by atoms with Crippen molar-refractivity contribution in [3.63, 3.8) is 0 Å². The Hall–Kier alpha value is -1.61. The minimum atomic E-state index is -4.19. The Kier molecular flexibility index (Phi) is 4.45. The highest BCUT2D eigenvalue weighted by atomic mass is 32.3. The van der Waals surface area contributed by atoms with Crippen molar-refractivity contribution in [3.8, 4) is 0 Å². The molecule has 112 valence electrons. The van der Waals surface area contributed by atoms with Crippen LogP contribution in [0.1, 0.15) is 21.5 Å². The zero-order chi connectivity index (χ0) is 15.7. The van der Waals surface area contributed by atoms with E-state index in [2.05, 4.69) is 0 Å². The molecular weight excluding hydrogens is 306 g/mol. The number of rotatable bonds is 5. The van der Waals surface area contributed by atoms with Gasteiger partial charge in [-0.15, -0.1) is 0 Å². The van der Waals surface area contributed by atoms with E-state index in [1.54, 1.807) is 13.0 Å². The van der Waals surface area contributed by atoms with Gasteiger partial charge in [-0.25, -0.2) is 21.6 Å². The molecule has 0 aliphatic carbocycles. The summed E-state index contributed by atoms with van der Waals surface area (Å²) in [4.78, 5) is 11.1. The molecule has 0 aromatic heterocycles. The third-order valence-corrected chi connectivity index (χ3v) is 5.81. The molecule has 20 heavy (non-hydrogen) atoms. The minimum absolute atomic E-state index is 0.119. The summed E-state index contributed by atoms with van der Waals surface area (Å²) >= 11 is 0. The SMILES string of the molecule is Cc1cc(C)c(NS(=O)(=O)CS(C)(=O)=O)c(C(=O)O)c1. The van der Waals surface area contributed by atoms with Crippen molar-refractivity contribution in [1.82, 2.24) is 0 Å². The molecule has 2 N–H and O–H groups in total. The first-order valence-electron chi connectivity index (χ1n) is 5.44. The highest BCUT2D eigenvalue weighted by molar-refractivity contribution is 8.08. The lowest BCUT2D eigenvalue weighted by molar-refractivity contribution is 0.0698. The molecule has 0 amide bonds. The second-order valence-electron chi connectivity index (χ2n) is 4.57. The van der Waals surface area contributed by atoms with E-state index in [1.807, 2.05) is 4.72 Å². The summed E-state index contributed by atoms with van der Waals surface area (Å²) in [7, 11) is -7.94. The van der Waals surface area contributed by atoms with Crippen LogP contribution in [0.4, 0.5) is 5.69 Å². The van der Waals surface area contributed by atoms with Crippen LogP contribution in [0.3, 0.4) is 0 Å². The van der Waals surface area contributed by atoms with Crippen LogP contribution in [0.25, 0.3) is 0 Å². The molecular formula is C11H15NO6S2. The lowest BCUT2D eigenvalue weighted by Gasteiger charge is -2.13. The summed E-state index contributed by atoms with van der Waals surface area (Å²) in [6, 6.07) is 2.92. The molecule has 0 aliphatic rings. The molecule has 0 heterocycles. The molecule has 0 spiro atoms. The smallest absolute Gasteiger partial charge is 0.337 e. The number of sulfone groups is 1. The summed E-state index contributed by atoms with van der Waals surface area (Å²) in [5.74, 6) is -1.30. The number of sulfonamides is 1. The van der Waals surface area contributed by atoms with Crippen molar-refractivity contribution in [2.45, 2.75) is 13.8 Å². The fourth-order valence-corrected chi connectivity index (χ4v) is 4.81. The molecule has 0 bridgehead atoms. The summed E-state index contributed by atoms with van der Waals surface area (Å²) in [6.07, 6.45) is 0.784. The maximum absolute atomic E-state index is 11.7. The summed E-state index contributed by atoms with van der Waals surface area (Å²) < 4.78 is 47.6. The van der Waals surface area contributed by atoms with Gasteiger partial charge < -0.3 is 5.11 Å². The van der Waals surface area contributed by atoms with Crippen molar-refractivity contribution in [2.24, 2.45) is 0 Å². The lowest BCUT2D eigenvalue weighted by Crippen LogP contribution is -2.24. The quantitative estimate of drug-likeness (QED) is 0.826. The van der Waals surface area contributed by atoms with Gasteiger partial charge in [0.1, 0.15) is 0 Å². The van der Waals surface area contributed by atoms with E-state index in [4.69, 9.17) is 5.11 Å². The van der Waals surface area contributed by atoms with Crippen LogP contribution in [-0.2, 0) is 19.9 Å².